The zero-order valence-electron chi connectivity index (χ0n) is 10.2. The van der Waals surface area contributed by atoms with Crippen LogP contribution in [0.3, 0.4) is 0 Å². The minimum atomic E-state index is -0.341. The summed E-state index contributed by atoms with van der Waals surface area (Å²) in [7, 11) is 0. The molecule has 1 fully saturated rings. The second-order valence-electron chi connectivity index (χ2n) is 4.55. The molecule has 2 rings (SSSR count). The first-order valence-corrected chi connectivity index (χ1v) is 6.11. The summed E-state index contributed by atoms with van der Waals surface area (Å²) in [5.41, 5.74) is -0.0875. The number of ether oxygens (including phenoxy) is 1. The fraction of sp³-hybridized carbons (Fsp3) is 0.667. The third kappa shape index (κ3) is 2.49. The monoisotopic (exact) mass is 238 g/mol. The van der Waals surface area contributed by atoms with E-state index in [9.17, 15) is 9.59 Å². The number of nitrogens with one attached hydrogen (secondary N) is 1. The van der Waals surface area contributed by atoms with Crippen LogP contribution in [0.5, 0.6) is 0 Å². The van der Waals surface area contributed by atoms with Crippen molar-refractivity contribution >= 4 is 0 Å². The number of aromatic nitrogens is 2. The van der Waals surface area contributed by atoms with Crippen molar-refractivity contribution in [2.75, 3.05) is 0 Å². The lowest BCUT2D eigenvalue weighted by molar-refractivity contribution is 0.0542. The van der Waals surface area contributed by atoms with E-state index >= 15 is 0 Å². The fourth-order valence-corrected chi connectivity index (χ4v) is 2.19. The maximum absolute atomic E-state index is 11.7. The van der Waals surface area contributed by atoms with Crippen LogP contribution in [-0.4, -0.2) is 15.7 Å². The number of hydrogen-bond donors (Lipinski definition) is 1. The number of nitrogens with zero attached hydrogens (tertiary/aromatic N) is 1. The SMILES string of the molecule is CCCn1cc(C2CCC(C)O2)c(=O)[nH]c1=O. The molecule has 2 atom stereocenters. The number of H-pyrrole nitrogens is 1. The van der Waals surface area contributed by atoms with E-state index in [4.69, 9.17) is 4.74 Å². The Bertz CT molecular complexity index is 503. The van der Waals surface area contributed by atoms with E-state index in [1.165, 1.54) is 0 Å². The van der Waals surface area contributed by atoms with Crippen molar-refractivity contribution in [3.05, 3.63) is 32.6 Å². The van der Waals surface area contributed by atoms with Crippen LogP contribution in [0, 0.1) is 0 Å². The van der Waals surface area contributed by atoms with Crippen molar-refractivity contribution in [2.24, 2.45) is 0 Å². The van der Waals surface area contributed by atoms with Gasteiger partial charge in [0.2, 0.25) is 0 Å². The largest absolute Gasteiger partial charge is 0.370 e. The maximum atomic E-state index is 11.7. The fourth-order valence-electron chi connectivity index (χ4n) is 2.19. The van der Waals surface area contributed by atoms with Gasteiger partial charge >= 0.3 is 5.69 Å². The Kier molecular flexibility index (Phi) is 3.47. The highest BCUT2D eigenvalue weighted by molar-refractivity contribution is 5.10. The molecular weight excluding hydrogens is 220 g/mol. The summed E-state index contributed by atoms with van der Waals surface area (Å²) in [5.74, 6) is 0. The predicted octanol–water partition coefficient (Wildman–Crippen LogP) is 1.19. The average Bonchev–Trinajstić information content (AvgIpc) is 2.69. The molecule has 2 unspecified atom stereocenters. The first kappa shape index (κ1) is 12.1. The standard InChI is InChI=1S/C12H18N2O3/c1-3-6-14-7-9(11(15)13-12(14)16)10-5-4-8(2)17-10/h7-8,10H,3-6H2,1-2H3,(H,13,15,16). The van der Waals surface area contributed by atoms with E-state index in [0.717, 1.165) is 19.3 Å². The molecule has 0 aliphatic carbocycles. The van der Waals surface area contributed by atoms with Gasteiger partial charge in [0.1, 0.15) is 0 Å². The van der Waals surface area contributed by atoms with Crippen LogP contribution in [0.1, 0.15) is 44.8 Å². The van der Waals surface area contributed by atoms with Gasteiger partial charge in [-0.15, -0.1) is 0 Å². The number of hydrogen-bond acceptors (Lipinski definition) is 3. The summed E-state index contributed by atoms with van der Waals surface area (Å²) in [6.07, 6.45) is 4.31. The lowest BCUT2D eigenvalue weighted by atomic mass is 10.1. The van der Waals surface area contributed by atoms with Crippen molar-refractivity contribution in [3.8, 4) is 0 Å². The Hall–Kier alpha value is -1.36. The van der Waals surface area contributed by atoms with Crippen LogP contribution in [0.4, 0.5) is 0 Å². The zero-order chi connectivity index (χ0) is 12.4. The van der Waals surface area contributed by atoms with E-state index in [1.54, 1.807) is 10.8 Å². The summed E-state index contributed by atoms with van der Waals surface area (Å²) < 4.78 is 7.21. The van der Waals surface area contributed by atoms with Crippen molar-refractivity contribution in [2.45, 2.75) is 51.9 Å². The van der Waals surface area contributed by atoms with Crippen LogP contribution < -0.4 is 11.2 Å². The maximum Gasteiger partial charge on any atom is 0.328 e. The molecule has 1 N–H and O–H groups in total. The summed E-state index contributed by atoms with van der Waals surface area (Å²) in [5, 5.41) is 0. The first-order chi connectivity index (χ1) is 8.11. The molecule has 0 radical (unpaired) electrons. The van der Waals surface area contributed by atoms with Crippen LogP contribution >= 0.6 is 0 Å². The molecule has 0 spiro atoms. The van der Waals surface area contributed by atoms with Crippen molar-refractivity contribution in [1.82, 2.24) is 9.55 Å². The van der Waals surface area contributed by atoms with Gasteiger partial charge < -0.3 is 9.30 Å². The lowest BCUT2D eigenvalue weighted by Gasteiger charge is -2.12. The normalized spacial score (nSPS) is 24.1. The Morgan fingerprint density at radius 1 is 1.47 bits per heavy atom. The second kappa shape index (κ2) is 4.87. The molecule has 1 aliphatic heterocycles. The minimum absolute atomic E-state index is 0.169. The molecule has 5 heteroatoms. The third-order valence-electron chi connectivity index (χ3n) is 3.08. The van der Waals surface area contributed by atoms with Gasteiger partial charge in [0, 0.05) is 12.7 Å². The summed E-state index contributed by atoms with van der Waals surface area (Å²) in [6, 6.07) is 0. The molecule has 2 heterocycles. The molecule has 0 bridgehead atoms. The minimum Gasteiger partial charge on any atom is -0.370 e. The van der Waals surface area contributed by atoms with Crippen LogP contribution in [0.2, 0.25) is 0 Å². The predicted molar refractivity (Wildman–Crippen MR) is 64.1 cm³/mol. The molecule has 0 aromatic carbocycles. The Labute approximate surface area is 99.4 Å². The molecule has 0 saturated carbocycles. The molecule has 17 heavy (non-hydrogen) atoms. The summed E-state index contributed by atoms with van der Waals surface area (Å²) in [6.45, 7) is 4.60. The van der Waals surface area contributed by atoms with Crippen molar-refractivity contribution < 1.29 is 4.74 Å². The summed E-state index contributed by atoms with van der Waals surface area (Å²) in [4.78, 5) is 25.6. The highest BCUT2D eigenvalue weighted by Crippen LogP contribution is 2.30. The van der Waals surface area contributed by atoms with E-state index in [0.29, 0.717) is 12.1 Å². The highest BCUT2D eigenvalue weighted by Gasteiger charge is 2.26. The van der Waals surface area contributed by atoms with E-state index in [2.05, 4.69) is 4.98 Å². The Morgan fingerprint density at radius 2 is 2.24 bits per heavy atom. The molecular formula is C12H18N2O3. The molecule has 94 valence electrons. The molecule has 1 aliphatic rings. The number of rotatable bonds is 3. The van der Waals surface area contributed by atoms with Crippen LogP contribution in [0.25, 0.3) is 0 Å². The lowest BCUT2D eigenvalue weighted by Crippen LogP contribution is -2.32. The second-order valence-corrected chi connectivity index (χ2v) is 4.55. The molecule has 1 aromatic rings. The number of aromatic amines is 1. The Balaban J connectivity index is 2.36. The molecule has 1 saturated heterocycles. The van der Waals surface area contributed by atoms with Gasteiger partial charge in [0.05, 0.1) is 17.8 Å². The molecule has 0 amide bonds. The Morgan fingerprint density at radius 3 is 2.82 bits per heavy atom. The molecule has 1 aromatic heterocycles. The topological polar surface area (TPSA) is 64.1 Å². The zero-order valence-corrected chi connectivity index (χ0v) is 10.2. The van der Waals surface area contributed by atoms with Gasteiger partial charge in [0.15, 0.2) is 0 Å². The van der Waals surface area contributed by atoms with Gasteiger partial charge in [0.25, 0.3) is 5.56 Å². The van der Waals surface area contributed by atoms with E-state index in [-0.39, 0.29) is 23.5 Å². The smallest absolute Gasteiger partial charge is 0.328 e. The summed E-state index contributed by atoms with van der Waals surface area (Å²) >= 11 is 0. The van der Waals surface area contributed by atoms with Crippen LogP contribution in [0.15, 0.2) is 15.8 Å². The van der Waals surface area contributed by atoms with Crippen molar-refractivity contribution in [1.29, 1.82) is 0 Å². The third-order valence-corrected chi connectivity index (χ3v) is 3.08. The van der Waals surface area contributed by atoms with Gasteiger partial charge in [-0.2, -0.15) is 0 Å². The van der Waals surface area contributed by atoms with Crippen molar-refractivity contribution in [3.63, 3.8) is 0 Å². The quantitative estimate of drug-likeness (QED) is 0.860. The van der Waals surface area contributed by atoms with E-state index in [1.807, 2.05) is 13.8 Å². The van der Waals surface area contributed by atoms with Gasteiger partial charge in [-0.3, -0.25) is 9.78 Å². The highest BCUT2D eigenvalue weighted by atomic mass is 16.5. The number of aryl methyl sites for hydroxylation is 1. The van der Waals surface area contributed by atoms with E-state index < -0.39 is 0 Å². The van der Waals surface area contributed by atoms with Gasteiger partial charge in [-0.05, 0) is 26.2 Å². The van der Waals surface area contributed by atoms with Crippen LogP contribution in [-0.2, 0) is 11.3 Å². The van der Waals surface area contributed by atoms with Gasteiger partial charge in [-0.25, -0.2) is 4.79 Å². The first-order valence-electron chi connectivity index (χ1n) is 6.11. The van der Waals surface area contributed by atoms with Gasteiger partial charge in [-0.1, -0.05) is 6.92 Å². The average molecular weight is 238 g/mol. The molecule has 5 nitrogen and oxygen atoms in total.